The van der Waals surface area contributed by atoms with Crippen LogP contribution < -0.4 is 14.9 Å². The van der Waals surface area contributed by atoms with Gasteiger partial charge in [-0.2, -0.15) is 0 Å². The molecule has 31 heavy (non-hydrogen) atoms. The first-order valence-electron chi connectivity index (χ1n) is 10.7. The topological polar surface area (TPSA) is 99.8 Å². The van der Waals surface area contributed by atoms with Crippen molar-refractivity contribution in [3.8, 4) is 0 Å². The maximum Gasteiger partial charge on any atom is 0.254 e. The minimum absolute atomic E-state index is 0.0259. The maximum absolute atomic E-state index is 13.1. The molecule has 1 amide bonds. The van der Waals surface area contributed by atoms with Crippen LogP contribution in [0.25, 0.3) is 0 Å². The predicted octanol–water partition coefficient (Wildman–Crippen LogP) is 1.93. The first kappa shape index (κ1) is 21.6. The molecule has 1 aromatic carbocycles. The number of nitrogens with zero attached hydrogens (tertiary/aromatic N) is 4. The van der Waals surface area contributed by atoms with E-state index in [2.05, 4.69) is 21.7 Å². The Labute approximate surface area is 183 Å². The fourth-order valence-electron chi connectivity index (χ4n) is 4.32. The van der Waals surface area contributed by atoms with Crippen molar-refractivity contribution in [3.05, 3.63) is 48.2 Å². The molecule has 0 radical (unpaired) electrons. The van der Waals surface area contributed by atoms with E-state index in [4.69, 9.17) is 5.14 Å². The monoisotopic (exact) mass is 443 g/mol. The highest BCUT2D eigenvalue weighted by Crippen LogP contribution is 2.23. The Bertz CT molecular complexity index is 1030. The Morgan fingerprint density at radius 3 is 2.39 bits per heavy atom. The predicted molar refractivity (Wildman–Crippen MR) is 121 cm³/mol. The number of sulfonamides is 1. The van der Waals surface area contributed by atoms with Gasteiger partial charge in [-0.1, -0.05) is 6.92 Å². The highest BCUT2D eigenvalue weighted by Gasteiger charge is 2.24. The summed E-state index contributed by atoms with van der Waals surface area (Å²) in [5.41, 5.74) is 1.60. The highest BCUT2D eigenvalue weighted by atomic mass is 32.2. The van der Waals surface area contributed by atoms with Gasteiger partial charge in [0.2, 0.25) is 10.0 Å². The Morgan fingerprint density at radius 1 is 1.03 bits per heavy atom. The van der Waals surface area contributed by atoms with Crippen LogP contribution in [0.3, 0.4) is 0 Å². The molecule has 166 valence electrons. The summed E-state index contributed by atoms with van der Waals surface area (Å²) in [4.78, 5) is 24.0. The third-order valence-corrected chi connectivity index (χ3v) is 7.00. The van der Waals surface area contributed by atoms with E-state index in [9.17, 15) is 13.2 Å². The smallest absolute Gasteiger partial charge is 0.254 e. The Morgan fingerprint density at radius 2 is 1.74 bits per heavy atom. The number of amides is 1. The molecule has 0 aliphatic carbocycles. The molecule has 1 atom stereocenters. The first-order valence-corrected chi connectivity index (χ1v) is 12.2. The van der Waals surface area contributed by atoms with Crippen molar-refractivity contribution in [2.45, 2.75) is 24.7 Å². The van der Waals surface area contributed by atoms with Crippen LogP contribution in [0.1, 0.15) is 30.1 Å². The van der Waals surface area contributed by atoms with E-state index in [1.54, 1.807) is 24.4 Å². The second kappa shape index (κ2) is 8.84. The standard InChI is InChI=1S/C22H29N5O3S/c1-17-3-2-10-27(16-17)21-15-18(8-9-24-21)22(28)26-13-11-25(12-14-26)19-4-6-20(7-5-19)31(23,29)30/h4-9,15,17H,2-3,10-14,16H2,1H3,(H2,23,29,30). The van der Waals surface area contributed by atoms with Gasteiger partial charge in [0.05, 0.1) is 4.90 Å². The van der Waals surface area contributed by atoms with Crippen molar-refractivity contribution < 1.29 is 13.2 Å². The van der Waals surface area contributed by atoms with Crippen molar-refractivity contribution in [3.63, 3.8) is 0 Å². The van der Waals surface area contributed by atoms with Crippen LogP contribution >= 0.6 is 0 Å². The van der Waals surface area contributed by atoms with Crippen LogP contribution in [0.4, 0.5) is 11.5 Å². The molecule has 0 spiro atoms. The number of carbonyl (C=O) groups excluding carboxylic acids is 1. The lowest BCUT2D eigenvalue weighted by molar-refractivity contribution is 0.0746. The van der Waals surface area contributed by atoms with E-state index in [1.165, 1.54) is 18.6 Å². The molecule has 3 heterocycles. The molecule has 0 saturated carbocycles. The number of hydrogen-bond acceptors (Lipinski definition) is 6. The maximum atomic E-state index is 13.1. The molecular formula is C22H29N5O3S. The van der Waals surface area contributed by atoms with Gasteiger partial charge in [0, 0.05) is 56.7 Å². The fraction of sp³-hybridized carbons (Fsp3) is 0.455. The van der Waals surface area contributed by atoms with Crippen LogP contribution in [0.2, 0.25) is 0 Å². The summed E-state index contributed by atoms with van der Waals surface area (Å²) in [5.74, 6) is 1.55. The third-order valence-electron chi connectivity index (χ3n) is 6.07. The average Bonchev–Trinajstić information content (AvgIpc) is 2.78. The van der Waals surface area contributed by atoms with Gasteiger partial charge in [-0.15, -0.1) is 0 Å². The number of pyridine rings is 1. The zero-order valence-electron chi connectivity index (χ0n) is 17.8. The van der Waals surface area contributed by atoms with Crippen molar-refractivity contribution >= 4 is 27.4 Å². The summed E-state index contributed by atoms with van der Waals surface area (Å²) in [6, 6.07) is 10.2. The van der Waals surface area contributed by atoms with E-state index in [0.717, 1.165) is 31.0 Å². The second-order valence-electron chi connectivity index (χ2n) is 8.41. The minimum atomic E-state index is -3.70. The number of piperazine rings is 1. The molecule has 2 aromatic rings. The van der Waals surface area contributed by atoms with Crippen molar-refractivity contribution in [2.24, 2.45) is 11.1 Å². The van der Waals surface area contributed by atoms with E-state index < -0.39 is 10.0 Å². The van der Waals surface area contributed by atoms with Gasteiger partial charge in [-0.25, -0.2) is 18.5 Å². The number of anilines is 2. The average molecular weight is 444 g/mol. The van der Waals surface area contributed by atoms with Gasteiger partial charge in [-0.3, -0.25) is 4.79 Å². The molecule has 0 bridgehead atoms. The molecule has 2 N–H and O–H groups in total. The van der Waals surface area contributed by atoms with Crippen LogP contribution in [-0.2, 0) is 10.0 Å². The van der Waals surface area contributed by atoms with E-state index in [1.807, 2.05) is 11.0 Å². The zero-order chi connectivity index (χ0) is 22.0. The number of nitrogens with two attached hydrogens (primary N) is 1. The lowest BCUT2D eigenvalue weighted by Crippen LogP contribution is -2.48. The van der Waals surface area contributed by atoms with Crippen molar-refractivity contribution in [1.82, 2.24) is 9.88 Å². The van der Waals surface area contributed by atoms with Gasteiger partial charge in [0.25, 0.3) is 5.91 Å². The number of rotatable bonds is 4. The lowest BCUT2D eigenvalue weighted by atomic mass is 10.0. The summed E-state index contributed by atoms with van der Waals surface area (Å²) in [5, 5.41) is 5.16. The molecule has 9 heteroatoms. The summed E-state index contributed by atoms with van der Waals surface area (Å²) in [6.45, 7) is 6.79. The van der Waals surface area contributed by atoms with Gasteiger partial charge in [0.1, 0.15) is 5.82 Å². The number of carbonyl (C=O) groups is 1. The summed E-state index contributed by atoms with van der Waals surface area (Å²) in [7, 11) is -3.70. The zero-order valence-corrected chi connectivity index (χ0v) is 18.6. The summed E-state index contributed by atoms with van der Waals surface area (Å²) < 4.78 is 22.9. The molecule has 1 aromatic heterocycles. The van der Waals surface area contributed by atoms with Gasteiger partial charge < -0.3 is 14.7 Å². The van der Waals surface area contributed by atoms with E-state index >= 15 is 0 Å². The number of benzene rings is 1. The normalized spacial score (nSPS) is 20.1. The molecular weight excluding hydrogens is 414 g/mol. The minimum Gasteiger partial charge on any atom is -0.368 e. The first-order chi connectivity index (χ1) is 14.8. The van der Waals surface area contributed by atoms with Gasteiger partial charge >= 0.3 is 0 Å². The largest absolute Gasteiger partial charge is 0.368 e. The molecule has 8 nitrogen and oxygen atoms in total. The second-order valence-corrected chi connectivity index (χ2v) is 9.98. The van der Waals surface area contributed by atoms with Gasteiger partial charge in [-0.05, 0) is 55.2 Å². The molecule has 4 rings (SSSR count). The number of hydrogen-bond donors (Lipinski definition) is 1. The van der Waals surface area contributed by atoms with Crippen LogP contribution in [-0.4, -0.2) is 63.5 Å². The molecule has 2 fully saturated rings. The van der Waals surface area contributed by atoms with Crippen molar-refractivity contribution in [2.75, 3.05) is 49.1 Å². The highest BCUT2D eigenvalue weighted by molar-refractivity contribution is 7.89. The van der Waals surface area contributed by atoms with Crippen LogP contribution in [0.15, 0.2) is 47.5 Å². The fourth-order valence-corrected chi connectivity index (χ4v) is 4.83. The number of aromatic nitrogens is 1. The van der Waals surface area contributed by atoms with Crippen molar-refractivity contribution in [1.29, 1.82) is 0 Å². The molecule has 2 saturated heterocycles. The number of primary sulfonamides is 1. The third kappa shape index (κ3) is 4.99. The molecule has 2 aliphatic rings. The van der Waals surface area contributed by atoms with Crippen LogP contribution in [0, 0.1) is 5.92 Å². The lowest BCUT2D eigenvalue weighted by Gasteiger charge is -2.36. The quantitative estimate of drug-likeness (QED) is 0.775. The Hall–Kier alpha value is -2.65. The summed E-state index contributed by atoms with van der Waals surface area (Å²) in [6.07, 6.45) is 4.12. The molecule has 2 aliphatic heterocycles. The molecule has 1 unspecified atom stereocenters. The Balaban J connectivity index is 1.39. The summed E-state index contributed by atoms with van der Waals surface area (Å²) >= 11 is 0. The Kier molecular flexibility index (Phi) is 6.15. The van der Waals surface area contributed by atoms with E-state index in [0.29, 0.717) is 37.7 Å². The number of piperidine rings is 1. The van der Waals surface area contributed by atoms with E-state index in [-0.39, 0.29) is 10.8 Å². The van der Waals surface area contributed by atoms with Gasteiger partial charge in [0.15, 0.2) is 0 Å². The SMILES string of the molecule is CC1CCCN(c2cc(C(=O)N3CCN(c4ccc(S(N)(=O)=O)cc4)CC3)ccn2)C1. The van der Waals surface area contributed by atoms with Crippen LogP contribution in [0.5, 0.6) is 0 Å².